The Bertz CT molecular complexity index is 185. The van der Waals surface area contributed by atoms with Crippen LogP contribution >= 0.6 is 0 Å². The topological polar surface area (TPSA) is 26.7 Å². The molecule has 16 heavy (non-hydrogen) atoms. The number of aliphatic hydroxyl groups is 1. The third-order valence-corrected chi connectivity index (χ3v) is 3.58. The summed E-state index contributed by atoms with van der Waals surface area (Å²) in [6.07, 6.45) is 3.89. The Kier molecular flexibility index (Phi) is 6.32. The molecule has 1 saturated heterocycles. The maximum atomic E-state index is 8.95. The predicted octanol–water partition coefficient (Wildman–Crippen LogP) is 1.42. The lowest BCUT2D eigenvalue weighted by Gasteiger charge is -2.37. The van der Waals surface area contributed by atoms with Gasteiger partial charge in [-0.05, 0) is 45.3 Å². The average Bonchev–Trinajstić information content (AvgIpc) is 2.27. The zero-order valence-corrected chi connectivity index (χ0v) is 11.2. The fraction of sp³-hybridized carbons (Fsp3) is 1.00. The fourth-order valence-corrected chi connectivity index (χ4v) is 2.38. The Morgan fingerprint density at radius 1 is 1.44 bits per heavy atom. The van der Waals surface area contributed by atoms with Gasteiger partial charge in [-0.25, -0.2) is 0 Å². The molecular formula is C13H28N2O. The van der Waals surface area contributed by atoms with Crippen molar-refractivity contribution in [1.29, 1.82) is 0 Å². The first-order valence-corrected chi connectivity index (χ1v) is 6.67. The van der Waals surface area contributed by atoms with Crippen molar-refractivity contribution in [1.82, 2.24) is 9.80 Å². The van der Waals surface area contributed by atoms with Gasteiger partial charge in [0, 0.05) is 19.1 Å². The molecule has 1 atom stereocenters. The van der Waals surface area contributed by atoms with Crippen LogP contribution in [0.2, 0.25) is 0 Å². The van der Waals surface area contributed by atoms with Gasteiger partial charge in [0.15, 0.2) is 0 Å². The minimum atomic E-state index is 0.277. The first-order chi connectivity index (χ1) is 7.63. The lowest BCUT2D eigenvalue weighted by Crippen LogP contribution is -2.47. The highest BCUT2D eigenvalue weighted by molar-refractivity contribution is 4.79. The maximum absolute atomic E-state index is 8.95. The van der Waals surface area contributed by atoms with Gasteiger partial charge in [-0.2, -0.15) is 0 Å². The van der Waals surface area contributed by atoms with Crippen molar-refractivity contribution in [3.63, 3.8) is 0 Å². The van der Waals surface area contributed by atoms with Crippen LogP contribution in [0.1, 0.15) is 33.1 Å². The molecule has 1 N–H and O–H groups in total. The average molecular weight is 228 g/mol. The molecule has 1 aliphatic rings. The van der Waals surface area contributed by atoms with Crippen LogP contribution < -0.4 is 0 Å². The van der Waals surface area contributed by atoms with Gasteiger partial charge in [-0.3, -0.25) is 4.90 Å². The highest BCUT2D eigenvalue weighted by Crippen LogP contribution is 2.15. The third-order valence-electron chi connectivity index (χ3n) is 3.58. The quantitative estimate of drug-likeness (QED) is 0.745. The minimum absolute atomic E-state index is 0.277. The van der Waals surface area contributed by atoms with E-state index in [1.165, 1.54) is 38.9 Å². The van der Waals surface area contributed by atoms with E-state index in [2.05, 4.69) is 30.7 Å². The normalized spacial score (nSPS) is 23.2. The smallest absolute Gasteiger partial charge is 0.0558 e. The second kappa shape index (κ2) is 7.25. The number of aliphatic hydroxyl groups excluding tert-OH is 1. The van der Waals surface area contributed by atoms with Crippen LogP contribution in [0.3, 0.4) is 0 Å². The summed E-state index contributed by atoms with van der Waals surface area (Å²) in [5.41, 5.74) is 0. The van der Waals surface area contributed by atoms with E-state index in [9.17, 15) is 0 Å². The molecule has 3 nitrogen and oxygen atoms in total. The van der Waals surface area contributed by atoms with Gasteiger partial charge in [-0.1, -0.05) is 13.8 Å². The standard InChI is InChI=1S/C13H28N2O/c1-12(2)6-8-15-7-4-5-13(11-15)14(3)9-10-16/h12-13,16H,4-11H2,1-3H3. The van der Waals surface area contributed by atoms with Crippen molar-refractivity contribution in [2.45, 2.75) is 39.2 Å². The van der Waals surface area contributed by atoms with Gasteiger partial charge in [0.2, 0.25) is 0 Å². The van der Waals surface area contributed by atoms with Crippen LogP contribution in [0.25, 0.3) is 0 Å². The number of nitrogens with zero attached hydrogens (tertiary/aromatic N) is 2. The highest BCUT2D eigenvalue weighted by Gasteiger charge is 2.22. The van der Waals surface area contributed by atoms with E-state index in [-0.39, 0.29) is 6.61 Å². The first kappa shape index (κ1) is 13.9. The lowest BCUT2D eigenvalue weighted by atomic mass is 10.0. The van der Waals surface area contributed by atoms with E-state index in [1.807, 2.05) is 0 Å². The Morgan fingerprint density at radius 2 is 2.19 bits per heavy atom. The molecule has 3 heteroatoms. The van der Waals surface area contributed by atoms with Crippen LogP contribution in [0.15, 0.2) is 0 Å². The Hall–Kier alpha value is -0.120. The number of likely N-dealkylation sites (tertiary alicyclic amines) is 1. The molecule has 1 unspecified atom stereocenters. The molecule has 0 aromatic carbocycles. The zero-order valence-electron chi connectivity index (χ0n) is 11.2. The molecular weight excluding hydrogens is 200 g/mol. The van der Waals surface area contributed by atoms with Gasteiger partial charge in [0.05, 0.1) is 6.61 Å². The summed E-state index contributed by atoms with van der Waals surface area (Å²) in [4.78, 5) is 4.89. The van der Waals surface area contributed by atoms with E-state index in [4.69, 9.17) is 5.11 Å². The summed E-state index contributed by atoms with van der Waals surface area (Å²) < 4.78 is 0. The molecule has 0 aromatic heterocycles. The van der Waals surface area contributed by atoms with Crippen LogP contribution in [0.5, 0.6) is 0 Å². The van der Waals surface area contributed by atoms with Crippen molar-refractivity contribution in [3.8, 4) is 0 Å². The number of piperidine rings is 1. The molecule has 0 aliphatic carbocycles. The molecule has 0 saturated carbocycles. The molecule has 1 heterocycles. The van der Waals surface area contributed by atoms with Gasteiger partial charge in [-0.15, -0.1) is 0 Å². The van der Waals surface area contributed by atoms with E-state index >= 15 is 0 Å². The largest absolute Gasteiger partial charge is 0.395 e. The SMILES string of the molecule is CC(C)CCN1CCCC(N(C)CCO)C1. The molecule has 96 valence electrons. The van der Waals surface area contributed by atoms with Crippen LogP contribution in [-0.2, 0) is 0 Å². The lowest BCUT2D eigenvalue weighted by molar-refractivity contribution is 0.0982. The molecule has 0 radical (unpaired) electrons. The van der Waals surface area contributed by atoms with Crippen molar-refractivity contribution >= 4 is 0 Å². The molecule has 0 spiro atoms. The van der Waals surface area contributed by atoms with E-state index in [0.717, 1.165) is 12.5 Å². The summed E-state index contributed by atoms with van der Waals surface area (Å²) >= 11 is 0. The highest BCUT2D eigenvalue weighted by atomic mass is 16.3. The molecule has 1 rings (SSSR count). The first-order valence-electron chi connectivity index (χ1n) is 6.67. The predicted molar refractivity (Wildman–Crippen MR) is 68.6 cm³/mol. The van der Waals surface area contributed by atoms with Gasteiger partial charge < -0.3 is 10.0 Å². The van der Waals surface area contributed by atoms with Crippen LogP contribution in [0.4, 0.5) is 0 Å². The molecule has 0 aromatic rings. The third kappa shape index (κ3) is 4.81. The number of rotatable bonds is 6. The van der Waals surface area contributed by atoms with E-state index in [0.29, 0.717) is 6.04 Å². The van der Waals surface area contributed by atoms with Crippen LogP contribution in [0, 0.1) is 5.92 Å². The van der Waals surface area contributed by atoms with Crippen molar-refractivity contribution in [2.75, 3.05) is 39.8 Å². The summed E-state index contributed by atoms with van der Waals surface area (Å²) in [5, 5.41) is 8.95. The molecule has 1 aliphatic heterocycles. The Morgan fingerprint density at radius 3 is 2.81 bits per heavy atom. The number of likely N-dealkylation sites (N-methyl/N-ethyl adjacent to an activating group) is 1. The summed E-state index contributed by atoms with van der Waals surface area (Å²) in [6.45, 7) is 9.35. The van der Waals surface area contributed by atoms with E-state index < -0.39 is 0 Å². The van der Waals surface area contributed by atoms with Gasteiger partial charge in [0.25, 0.3) is 0 Å². The maximum Gasteiger partial charge on any atom is 0.0558 e. The number of hydrogen-bond acceptors (Lipinski definition) is 3. The Labute approximate surface area is 100 Å². The number of hydrogen-bond donors (Lipinski definition) is 1. The summed E-state index contributed by atoms with van der Waals surface area (Å²) in [7, 11) is 2.13. The molecule has 0 bridgehead atoms. The van der Waals surface area contributed by atoms with Crippen molar-refractivity contribution < 1.29 is 5.11 Å². The second-order valence-electron chi connectivity index (χ2n) is 5.48. The second-order valence-corrected chi connectivity index (χ2v) is 5.48. The van der Waals surface area contributed by atoms with Gasteiger partial charge in [0.1, 0.15) is 0 Å². The zero-order chi connectivity index (χ0) is 12.0. The van der Waals surface area contributed by atoms with Gasteiger partial charge >= 0.3 is 0 Å². The fourth-order valence-electron chi connectivity index (χ4n) is 2.38. The molecule has 1 fully saturated rings. The van der Waals surface area contributed by atoms with E-state index in [1.54, 1.807) is 0 Å². The monoisotopic (exact) mass is 228 g/mol. The minimum Gasteiger partial charge on any atom is -0.395 e. The van der Waals surface area contributed by atoms with Crippen molar-refractivity contribution in [2.24, 2.45) is 5.92 Å². The Balaban J connectivity index is 2.29. The molecule has 0 amide bonds. The van der Waals surface area contributed by atoms with Crippen molar-refractivity contribution in [3.05, 3.63) is 0 Å². The summed E-state index contributed by atoms with van der Waals surface area (Å²) in [6, 6.07) is 0.646. The van der Waals surface area contributed by atoms with Crippen LogP contribution in [-0.4, -0.2) is 60.8 Å². The summed E-state index contributed by atoms with van der Waals surface area (Å²) in [5.74, 6) is 0.801.